The minimum atomic E-state index is -0.458. The zero-order valence-corrected chi connectivity index (χ0v) is 17.7. The van der Waals surface area contributed by atoms with E-state index in [1.54, 1.807) is 0 Å². The number of nitrogens with one attached hydrogen (secondary N) is 1. The van der Waals surface area contributed by atoms with Gasteiger partial charge in [0.05, 0.1) is 16.0 Å². The van der Waals surface area contributed by atoms with Gasteiger partial charge in [0.1, 0.15) is 0 Å². The molecule has 2 heterocycles. The SMILES string of the molecule is Cc1cc(NC(=O)C(C)(C)C)sc1C(=O)N1CCC(OCC(C)C)CC1. The van der Waals surface area contributed by atoms with Gasteiger partial charge in [-0.1, -0.05) is 34.6 Å². The maximum Gasteiger partial charge on any atom is 0.264 e. The Kier molecular flexibility index (Phi) is 6.86. The monoisotopic (exact) mass is 380 g/mol. The van der Waals surface area contributed by atoms with Crippen molar-refractivity contribution in [1.29, 1.82) is 0 Å². The number of aryl methyl sites for hydroxylation is 1. The van der Waals surface area contributed by atoms with Crippen LogP contribution in [0.4, 0.5) is 5.00 Å². The molecule has 0 aromatic carbocycles. The number of rotatable bonds is 5. The van der Waals surface area contributed by atoms with Gasteiger partial charge in [0.15, 0.2) is 0 Å². The molecule has 1 aliphatic heterocycles. The maximum atomic E-state index is 12.9. The number of hydrogen-bond acceptors (Lipinski definition) is 4. The fraction of sp³-hybridized carbons (Fsp3) is 0.700. The molecule has 2 rings (SSSR count). The lowest BCUT2D eigenvalue weighted by Crippen LogP contribution is -2.41. The lowest BCUT2D eigenvalue weighted by Gasteiger charge is -2.32. The third-order valence-electron chi connectivity index (χ3n) is 4.42. The molecule has 0 atom stereocenters. The van der Waals surface area contributed by atoms with E-state index in [9.17, 15) is 9.59 Å². The fourth-order valence-corrected chi connectivity index (χ4v) is 3.79. The Balaban J connectivity index is 1.95. The van der Waals surface area contributed by atoms with Crippen molar-refractivity contribution in [3.05, 3.63) is 16.5 Å². The predicted molar refractivity (Wildman–Crippen MR) is 107 cm³/mol. The molecule has 0 aliphatic carbocycles. The lowest BCUT2D eigenvalue weighted by molar-refractivity contribution is -0.123. The van der Waals surface area contributed by atoms with E-state index in [0.717, 1.165) is 48.0 Å². The Hall–Kier alpha value is -1.40. The first-order valence-corrected chi connectivity index (χ1v) is 10.2. The average molecular weight is 381 g/mol. The summed E-state index contributed by atoms with van der Waals surface area (Å²) in [5.74, 6) is 0.553. The van der Waals surface area contributed by atoms with Crippen molar-refractivity contribution in [1.82, 2.24) is 4.90 Å². The van der Waals surface area contributed by atoms with Crippen molar-refractivity contribution in [2.45, 2.75) is 60.5 Å². The first-order valence-electron chi connectivity index (χ1n) is 9.40. The Morgan fingerprint density at radius 1 is 1.31 bits per heavy atom. The third kappa shape index (κ3) is 5.55. The van der Waals surface area contributed by atoms with E-state index in [1.807, 2.05) is 38.7 Å². The number of amides is 2. The van der Waals surface area contributed by atoms with Crippen LogP contribution in [0.3, 0.4) is 0 Å². The molecule has 1 aliphatic rings. The largest absolute Gasteiger partial charge is 0.378 e. The summed E-state index contributed by atoms with van der Waals surface area (Å²) in [7, 11) is 0. The van der Waals surface area contributed by atoms with Gasteiger partial charge in [-0.25, -0.2) is 0 Å². The van der Waals surface area contributed by atoms with E-state index >= 15 is 0 Å². The summed E-state index contributed by atoms with van der Waals surface area (Å²) in [6.07, 6.45) is 2.03. The van der Waals surface area contributed by atoms with Gasteiger partial charge in [0.25, 0.3) is 5.91 Å². The van der Waals surface area contributed by atoms with Crippen LogP contribution < -0.4 is 5.32 Å². The highest BCUT2D eigenvalue weighted by Gasteiger charge is 2.27. The smallest absolute Gasteiger partial charge is 0.264 e. The number of carbonyl (C=O) groups is 2. The van der Waals surface area contributed by atoms with E-state index < -0.39 is 5.41 Å². The molecule has 1 N–H and O–H groups in total. The third-order valence-corrected chi connectivity index (χ3v) is 5.56. The lowest BCUT2D eigenvalue weighted by atomic mass is 9.96. The van der Waals surface area contributed by atoms with Crippen molar-refractivity contribution < 1.29 is 14.3 Å². The molecule has 0 radical (unpaired) electrons. The van der Waals surface area contributed by atoms with Gasteiger partial charge in [-0.05, 0) is 37.3 Å². The summed E-state index contributed by atoms with van der Waals surface area (Å²) in [5.41, 5.74) is 0.460. The molecule has 26 heavy (non-hydrogen) atoms. The van der Waals surface area contributed by atoms with Crippen molar-refractivity contribution in [2.24, 2.45) is 11.3 Å². The van der Waals surface area contributed by atoms with Gasteiger partial charge in [0, 0.05) is 25.1 Å². The van der Waals surface area contributed by atoms with Gasteiger partial charge in [-0.2, -0.15) is 0 Å². The first kappa shape index (κ1) is 20.9. The molecule has 1 aromatic heterocycles. The maximum absolute atomic E-state index is 12.9. The quantitative estimate of drug-likeness (QED) is 0.828. The number of likely N-dealkylation sites (tertiary alicyclic amines) is 1. The van der Waals surface area contributed by atoms with Crippen molar-refractivity contribution >= 4 is 28.2 Å². The van der Waals surface area contributed by atoms with E-state index in [1.165, 1.54) is 11.3 Å². The topological polar surface area (TPSA) is 58.6 Å². The Bertz CT molecular complexity index is 638. The molecule has 0 bridgehead atoms. The number of thiophene rings is 1. The second-order valence-electron chi connectivity index (χ2n) is 8.55. The van der Waals surface area contributed by atoms with E-state index in [2.05, 4.69) is 19.2 Å². The molecule has 0 unspecified atom stereocenters. The average Bonchev–Trinajstić information content (AvgIpc) is 2.92. The summed E-state index contributed by atoms with van der Waals surface area (Å²) in [4.78, 5) is 27.7. The standard InChI is InChI=1S/C20H32N2O3S/c1-13(2)12-25-15-7-9-22(10-8-15)18(23)17-14(3)11-16(26-17)21-19(24)20(4,5)6/h11,13,15H,7-10,12H2,1-6H3,(H,21,24). The molecule has 1 saturated heterocycles. The van der Waals surface area contributed by atoms with Crippen LogP contribution in [0.5, 0.6) is 0 Å². The van der Waals surface area contributed by atoms with Crippen molar-refractivity contribution in [3.8, 4) is 0 Å². The van der Waals surface area contributed by atoms with E-state index in [-0.39, 0.29) is 17.9 Å². The normalized spacial score (nSPS) is 16.2. The highest BCUT2D eigenvalue weighted by atomic mass is 32.1. The Labute approximate surface area is 161 Å². The Morgan fingerprint density at radius 2 is 1.92 bits per heavy atom. The van der Waals surface area contributed by atoms with Crippen molar-refractivity contribution in [2.75, 3.05) is 25.0 Å². The van der Waals surface area contributed by atoms with Crippen molar-refractivity contribution in [3.63, 3.8) is 0 Å². The highest BCUT2D eigenvalue weighted by Crippen LogP contribution is 2.30. The Morgan fingerprint density at radius 3 is 2.46 bits per heavy atom. The predicted octanol–water partition coefficient (Wildman–Crippen LogP) is 4.32. The number of nitrogens with zero attached hydrogens (tertiary/aromatic N) is 1. The summed E-state index contributed by atoms with van der Waals surface area (Å²) >= 11 is 1.37. The zero-order chi connectivity index (χ0) is 19.5. The second kappa shape index (κ2) is 8.53. The summed E-state index contributed by atoms with van der Waals surface area (Å²) in [6, 6.07) is 1.89. The zero-order valence-electron chi connectivity index (χ0n) is 16.8. The number of piperidine rings is 1. The van der Waals surface area contributed by atoms with Gasteiger partial charge >= 0.3 is 0 Å². The summed E-state index contributed by atoms with van der Waals surface area (Å²) in [6.45, 7) is 14.1. The highest BCUT2D eigenvalue weighted by molar-refractivity contribution is 7.18. The number of carbonyl (C=O) groups excluding carboxylic acids is 2. The molecular weight excluding hydrogens is 348 g/mol. The number of anilines is 1. The molecule has 1 aromatic rings. The molecule has 146 valence electrons. The van der Waals surface area contributed by atoms with E-state index in [0.29, 0.717) is 5.92 Å². The van der Waals surface area contributed by atoms with Crippen LogP contribution in [-0.4, -0.2) is 42.5 Å². The molecule has 6 heteroatoms. The number of hydrogen-bond donors (Lipinski definition) is 1. The van der Waals surface area contributed by atoms with Crippen LogP contribution in [0, 0.1) is 18.3 Å². The van der Waals surface area contributed by atoms with Crippen LogP contribution in [0.2, 0.25) is 0 Å². The minimum absolute atomic E-state index is 0.0409. The van der Waals surface area contributed by atoms with Crippen LogP contribution in [0.1, 0.15) is 62.7 Å². The van der Waals surface area contributed by atoms with Crippen LogP contribution >= 0.6 is 11.3 Å². The van der Waals surface area contributed by atoms with Gasteiger partial charge < -0.3 is 15.0 Å². The van der Waals surface area contributed by atoms with E-state index in [4.69, 9.17) is 4.74 Å². The van der Waals surface area contributed by atoms with Crippen LogP contribution in [0.15, 0.2) is 6.07 Å². The molecule has 2 amide bonds. The van der Waals surface area contributed by atoms with Gasteiger partial charge in [-0.3, -0.25) is 9.59 Å². The number of ether oxygens (including phenoxy) is 1. The molecular formula is C20H32N2O3S. The molecule has 5 nitrogen and oxygen atoms in total. The summed E-state index contributed by atoms with van der Waals surface area (Å²) in [5, 5.41) is 3.66. The fourth-order valence-electron chi connectivity index (χ4n) is 2.75. The second-order valence-corrected chi connectivity index (χ2v) is 9.60. The molecule has 0 spiro atoms. The minimum Gasteiger partial charge on any atom is -0.378 e. The van der Waals surface area contributed by atoms with Gasteiger partial charge in [-0.15, -0.1) is 11.3 Å². The van der Waals surface area contributed by atoms with Crippen LogP contribution in [-0.2, 0) is 9.53 Å². The van der Waals surface area contributed by atoms with Crippen LogP contribution in [0.25, 0.3) is 0 Å². The summed E-state index contributed by atoms with van der Waals surface area (Å²) < 4.78 is 5.90. The van der Waals surface area contributed by atoms with Gasteiger partial charge in [0.2, 0.25) is 5.91 Å². The first-order chi connectivity index (χ1) is 12.1. The molecule has 0 saturated carbocycles. The molecule has 1 fully saturated rings.